The first kappa shape index (κ1) is 14.9. The van der Waals surface area contributed by atoms with E-state index in [1.807, 2.05) is 0 Å². The Balaban J connectivity index is 2.52. The highest BCUT2D eigenvalue weighted by molar-refractivity contribution is 5.83. The van der Waals surface area contributed by atoms with E-state index in [0.717, 1.165) is 0 Å². The van der Waals surface area contributed by atoms with Gasteiger partial charge < -0.3 is 20.3 Å². The molecule has 0 aliphatic carbocycles. The molecule has 1 atom stereocenters. The Bertz CT molecular complexity index is 464. The molecule has 0 aliphatic rings. The van der Waals surface area contributed by atoms with Crippen LogP contribution in [0.25, 0.3) is 0 Å². The van der Waals surface area contributed by atoms with Gasteiger partial charge in [0.05, 0.1) is 6.54 Å². The zero-order valence-electron chi connectivity index (χ0n) is 11.4. The Morgan fingerprint density at radius 3 is 2.47 bits per heavy atom. The number of carboxylic acids is 1. The number of amides is 2. The Morgan fingerprint density at radius 2 is 2.05 bits per heavy atom. The van der Waals surface area contributed by atoms with Gasteiger partial charge in [0.2, 0.25) is 5.89 Å². The summed E-state index contributed by atoms with van der Waals surface area (Å²) in [6, 6.07) is -1.59. The minimum Gasteiger partial charge on any atom is -0.480 e. The molecule has 0 aliphatic heterocycles. The number of urea groups is 1. The van der Waals surface area contributed by atoms with E-state index in [2.05, 4.69) is 20.8 Å². The lowest BCUT2D eigenvalue weighted by atomic mass is 9.87. The van der Waals surface area contributed by atoms with E-state index >= 15 is 0 Å². The van der Waals surface area contributed by atoms with Crippen molar-refractivity contribution in [1.29, 1.82) is 0 Å². The fourth-order valence-electron chi connectivity index (χ4n) is 1.40. The summed E-state index contributed by atoms with van der Waals surface area (Å²) < 4.78 is 4.81. The van der Waals surface area contributed by atoms with Gasteiger partial charge in [-0.1, -0.05) is 25.9 Å². The van der Waals surface area contributed by atoms with Gasteiger partial charge >= 0.3 is 12.0 Å². The standard InChI is InChI=1S/C11H18N4O4/c1-6-13-7(19-15-6)5-12-10(18)14-8(9(16)17)11(2,3)4/h8H,5H2,1-4H3,(H,16,17)(H2,12,14,18)/t8-/m1/s1. The van der Waals surface area contributed by atoms with Crippen LogP contribution >= 0.6 is 0 Å². The average molecular weight is 270 g/mol. The Hall–Kier alpha value is -2.12. The predicted molar refractivity (Wildman–Crippen MR) is 65.3 cm³/mol. The van der Waals surface area contributed by atoms with Crippen molar-refractivity contribution in [2.45, 2.75) is 40.3 Å². The van der Waals surface area contributed by atoms with Crippen LogP contribution in [0, 0.1) is 12.3 Å². The van der Waals surface area contributed by atoms with Gasteiger partial charge in [0, 0.05) is 0 Å². The number of aliphatic carboxylic acids is 1. The first-order valence-corrected chi connectivity index (χ1v) is 5.76. The summed E-state index contributed by atoms with van der Waals surface area (Å²) in [6.07, 6.45) is 0. The fourth-order valence-corrected chi connectivity index (χ4v) is 1.40. The highest BCUT2D eigenvalue weighted by Gasteiger charge is 2.32. The number of aryl methyl sites for hydroxylation is 1. The Morgan fingerprint density at radius 1 is 1.42 bits per heavy atom. The minimum atomic E-state index is -1.09. The zero-order valence-corrected chi connectivity index (χ0v) is 11.4. The summed E-state index contributed by atoms with van der Waals surface area (Å²) in [5.74, 6) is -0.359. The number of hydrogen-bond donors (Lipinski definition) is 3. The smallest absolute Gasteiger partial charge is 0.326 e. The topological polar surface area (TPSA) is 117 Å². The van der Waals surface area contributed by atoms with Gasteiger partial charge in [-0.2, -0.15) is 4.98 Å². The maximum Gasteiger partial charge on any atom is 0.326 e. The lowest BCUT2D eigenvalue weighted by Crippen LogP contribution is -2.52. The van der Waals surface area contributed by atoms with E-state index in [9.17, 15) is 9.59 Å². The molecule has 0 saturated heterocycles. The molecule has 0 radical (unpaired) electrons. The van der Waals surface area contributed by atoms with E-state index in [-0.39, 0.29) is 12.4 Å². The number of nitrogens with one attached hydrogen (secondary N) is 2. The van der Waals surface area contributed by atoms with Crippen LogP contribution in [0.1, 0.15) is 32.5 Å². The van der Waals surface area contributed by atoms with Crippen LogP contribution in [0.3, 0.4) is 0 Å². The summed E-state index contributed by atoms with van der Waals surface area (Å²) in [5, 5.41) is 17.5. The molecule has 0 fully saturated rings. The molecule has 3 N–H and O–H groups in total. The van der Waals surface area contributed by atoms with E-state index in [1.165, 1.54) is 0 Å². The molecule has 0 spiro atoms. The Labute approximate surface area is 110 Å². The third kappa shape index (κ3) is 4.57. The van der Waals surface area contributed by atoms with Crippen molar-refractivity contribution in [2.24, 2.45) is 5.41 Å². The summed E-state index contributed by atoms with van der Waals surface area (Å²) in [4.78, 5) is 26.6. The molecular weight excluding hydrogens is 252 g/mol. The molecule has 1 rings (SSSR count). The summed E-state index contributed by atoms with van der Waals surface area (Å²) in [7, 11) is 0. The number of carbonyl (C=O) groups is 2. The fraction of sp³-hybridized carbons (Fsp3) is 0.636. The maximum absolute atomic E-state index is 11.6. The lowest BCUT2D eigenvalue weighted by Gasteiger charge is -2.27. The van der Waals surface area contributed by atoms with E-state index in [0.29, 0.717) is 5.82 Å². The molecule has 0 saturated carbocycles. The molecular formula is C11H18N4O4. The van der Waals surface area contributed by atoms with Gasteiger partial charge in [0.25, 0.3) is 0 Å². The second-order valence-electron chi connectivity index (χ2n) is 5.20. The monoisotopic (exact) mass is 270 g/mol. The zero-order chi connectivity index (χ0) is 14.6. The van der Waals surface area contributed by atoms with Crippen molar-refractivity contribution in [3.8, 4) is 0 Å². The second kappa shape index (κ2) is 5.68. The number of nitrogens with zero attached hydrogens (tertiary/aromatic N) is 2. The van der Waals surface area contributed by atoms with E-state index in [4.69, 9.17) is 9.63 Å². The highest BCUT2D eigenvalue weighted by Crippen LogP contribution is 2.19. The second-order valence-corrected chi connectivity index (χ2v) is 5.20. The van der Waals surface area contributed by atoms with Crippen LogP contribution < -0.4 is 10.6 Å². The largest absolute Gasteiger partial charge is 0.480 e. The number of rotatable bonds is 4. The molecule has 106 valence electrons. The molecule has 19 heavy (non-hydrogen) atoms. The number of carboxylic acid groups (broad SMARTS) is 1. The maximum atomic E-state index is 11.6. The van der Waals surface area contributed by atoms with Crippen LogP contribution in [0.4, 0.5) is 4.79 Å². The van der Waals surface area contributed by atoms with Crippen molar-refractivity contribution in [2.75, 3.05) is 0 Å². The molecule has 8 heteroatoms. The van der Waals surface area contributed by atoms with Crippen LogP contribution in [0.2, 0.25) is 0 Å². The van der Waals surface area contributed by atoms with Crippen molar-refractivity contribution in [3.63, 3.8) is 0 Å². The first-order valence-electron chi connectivity index (χ1n) is 5.76. The molecule has 1 heterocycles. The minimum absolute atomic E-state index is 0.0448. The molecule has 0 unspecified atom stereocenters. The number of carbonyl (C=O) groups excluding carboxylic acids is 1. The van der Waals surface area contributed by atoms with Gasteiger partial charge in [-0.25, -0.2) is 9.59 Å². The van der Waals surface area contributed by atoms with Crippen molar-refractivity contribution in [3.05, 3.63) is 11.7 Å². The Kier molecular flexibility index (Phi) is 4.47. The summed E-state index contributed by atoms with van der Waals surface area (Å²) >= 11 is 0. The van der Waals surface area contributed by atoms with Gasteiger partial charge in [0.15, 0.2) is 5.82 Å². The summed E-state index contributed by atoms with van der Waals surface area (Å²) in [6.45, 7) is 6.89. The van der Waals surface area contributed by atoms with Crippen LogP contribution in [-0.2, 0) is 11.3 Å². The number of hydrogen-bond acceptors (Lipinski definition) is 5. The molecule has 1 aromatic heterocycles. The highest BCUT2D eigenvalue weighted by atomic mass is 16.5. The molecule has 8 nitrogen and oxygen atoms in total. The average Bonchev–Trinajstić information content (AvgIpc) is 2.67. The third-order valence-corrected chi connectivity index (χ3v) is 2.36. The van der Waals surface area contributed by atoms with Gasteiger partial charge in [0.1, 0.15) is 6.04 Å². The number of aromatic nitrogens is 2. The first-order chi connectivity index (χ1) is 8.70. The van der Waals surface area contributed by atoms with Gasteiger partial charge in [-0.05, 0) is 12.3 Å². The van der Waals surface area contributed by atoms with Crippen LogP contribution in [0.5, 0.6) is 0 Å². The molecule has 0 bridgehead atoms. The quantitative estimate of drug-likeness (QED) is 0.740. The van der Waals surface area contributed by atoms with E-state index in [1.54, 1.807) is 27.7 Å². The lowest BCUT2D eigenvalue weighted by molar-refractivity contribution is -0.141. The molecule has 1 aromatic rings. The van der Waals surface area contributed by atoms with Crippen LogP contribution in [0.15, 0.2) is 4.52 Å². The SMILES string of the molecule is Cc1noc(CNC(=O)N[C@H](C(=O)O)C(C)(C)C)n1. The van der Waals surface area contributed by atoms with Gasteiger partial charge in [-0.15, -0.1) is 0 Å². The molecule has 0 aromatic carbocycles. The van der Waals surface area contributed by atoms with Gasteiger partial charge in [-0.3, -0.25) is 0 Å². The van der Waals surface area contributed by atoms with Crippen LogP contribution in [-0.4, -0.2) is 33.3 Å². The van der Waals surface area contributed by atoms with Crippen molar-refractivity contribution >= 4 is 12.0 Å². The van der Waals surface area contributed by atoms with E-state index < -0.39 is 23.5 Å². The third-order valence-electron chi connectivity index (χ3n) is 2.36. The molecule has 2 amide bonds. The van der Waals surface area contributed by atoms with Crippen molar-refractivity contribution < 1.29 is 19.2 Å². The summed E-state index contributed by atoms with van der Waals surface area (Å²) in [5.41, 5.74) is -0.593. The normalized spacial score (nSPS) is 12.8. The predicted octanol–water partition coefficient (Wildman–Crippen LogP) is 0.677. The van der Waals surface area contributed by atoms with Crippen molar-refractivity contribution in [1.82, 2.24) is 20.8 Å².